The van der Waals surface area contributed by atoms with Crippen LogP contribution in [0.15, 0.2) is 52.5 Å². The van der Waals surface area contributed by atoms with Gasteiger partial charge in [-0.1, -0.05) is 32.1 Å². The largest absolute Gasteiger partial charge is 0.481 e. The first kappa shape index (κ1) is 30.4. The predicted octanol–water partition coefficient (Wildman–Crippen LogP) is 6.30. The van der Waals surface area contributed by atoms with Gasteiger partial charge in [0.2, 0.25) is 5.89 Å². The molecule has 1 unspecified atom stereocenters. The topological polar surface area (TPSA) is 102 Å². The molecule has 1 amide bonds. The second-order valence-electron chi connectivity index (χ2n) is 10.9. The monoisotopic (exact) mass is 576 g/mol. The maximum Gasteiger partial charge on any atom is 0.416 e. The van der Waals surface area contributed by atoms with Gasteiger partial charge in [0.15, 0.2) is 0 Å². The van der Waals surface area contributed by atoms with Crippen LogP contribution in [0.1, 0.15) is 43.7 Å². The Labute approximate surface area is 236 Å². The SMILES string of the molecule is Cc1oc(-c2ccc(C(F)(F)F)cc2)nc1CCOC1C=C([C@@H]2CN(C(=O)OCC(C)C)C[C@@H]2CC(=O)O)C=CC1. The normalized spacial score (nSPS) is 20.9. The van der Waals surface area contributed by atoms with Gasteiger partial charge in [0.05, 0.1) is 37.0 Å². The summed E-state index contributed by atoms with van der Waals surface area (Å²) in [6, 6.07) is 4.66. The second kappa shape index (κ2) is 12.9. The third-order valence-corrected chi connectivity index (χ3v) is 7.18. The molecular formula is C30H35F3N2O6. The lowest BCUT2D eigenvalue weighted by molar-refractivity contribution is -0.138. The molecule has 0 saturated carbocycles. The number of rotatable bonds is 10. The number of amides is 1. The number of carboxylic acids is 1. The Hall–Kier alpha value is -3.60. The van der Waals surface area contributed by atoms with Crippen LogP contribution in [0, 0.1) is 24.7 Å². The minimum Gasteiger partial charge on any atom is -0.481 e. The molecule has 3 atom stereocenters. The number of carbonyl (C=O) groups is 2. The highest BCUT2D eigenvalue weighted by Crippen LogP contribution is 2.35. The number of aryl methyl sites for hydroxylation is 1. The molecule has 2 heterocycles. The van der Waals surface area contributed by atoms with Gasteiger partial charge in [-0.2, -0.15) is 13.2 Å². The van der Waals surface area contributed by atoms with Crippen molar-refractivity contribution in [1.29, 1.82) is 0 Å². The number of hydrogen-bond donors (Lipinski definition) is 1. The van der Waals surface area contributed by atoms with Crippen molar-refractivity contribution < 1.29 is 41.8 Å². The third kappa shape index (κ3) is 8.00. The second-order valence-corrected chi connectivity index (χ2v) is 10.9. The molecule has 8 nitrogen and oxygen atoms in total. The molecule has 0 bridgehead atoms. The molecule has 0 radical (unpaired) electrons. The lowest BCUT2D eigenvalue weighted by atomic mass is 9.84. The molecule has 2 aromatic rings. The summed E-state index contributed by atoms with van der Waals surface area (Å²) in [5, 5.41) is 9.45. The lowest BCUT2D eigenvalue weighted by Gasteiger charge is -2.23. The van der Waals surface area contributed by atoms with Crippen molar-refractivity contribution in [3.63, 3.8) is 0 Å². The fourth-order valence-electron chi connectivity index (χ4n) is 5.09. The van der Waals surface area contributed by atoms with Crippen molar-refractivity contribution in [2.45, 2.75) is 52.3 Å². The fraction of sp³-hybridized carbons (Fsp3) is 0.500. The number of nitrogens with zero attached hydrogens (tertiary/aromatic N) is 2. The van der Waals surface area contributed by atoms with E-state index in [-0.39, 0.29) is 36.2 Å². The summed E-state index contributed by atoms with van der Waals surface area (Å²) in [7, 11) is 0. The van der Waals surface area contributed by atoms with E-state index in [0.29, 0.717) is 56.2 Å². The summed E-state index contributed by atoms with van der Waals surface area (Å²) in [6.45, 7) is 6.98. The summed E-state index contributed by atoms with van der Waals surface area (Å²) in [5.74, 6) is -0.290. The van der Waals surface area contributed by atoms with E-state index < -0.39 is 23.8 Å². The molecule has 1 aromatic heterocycles. The fourth-order valence-corrected chi connectivity index (χ4v) is 5.09. The molecule has 1 aliphatic heterocycles. The summed E-state index contributed by atoms with van der Waals surface area (Å²) in [5.41, 5.74) is 1.31. The Kier molecular flexibility index (Phi) is 9.57. The molecule has 1 aromatic carbocycles. The van der Waals surface area contributed by atoms with Crippen molar-refractivity contribution in [3.8, 4) is 11.5 Å². The van der Waals surface area contributed by atoms with Gasteiger partial charge >= 0.3 is 18.2 Å². The van der Waals surface area contributed by atoms with E-state index in [9.17, 15) is 27.9 Å². The summed E-state index contributed by atoms with van der Waals surface area (Å²) in [6.07, 6.45) is 1.92. The number of halogens is 3. The van der Waals surface area contributed by atoms with Crippen LogP contribution in [0.3, 0.4) is 0 Å². The number of allylic oxidation sites excluding steroid dienone is 1. The maximum atomic E-state index is 12.9. The zero-order chi connectivity index (χ0) is 29.7. The van der Waals surface area contributed by atoms with E-state index in [1.165, 1.54) is 12.1 Å². The van der Waals surface area contributed by atoms with Gasteiger partial charge in [-0.25, -0.2) is 9.78 Å². The predicted molar refractivity (Wildman–Crippen MR) is 144 cm³/mol. The number of aliphatic carboxylic acids is 1. The van der Waals surface area contributed by atoms with Crippen molar-refractivity contribution in [1.82, 2.24) is 9.88 Å². The average Bonchev–Trinajstić information content (AvgIpc) is 3.50. The van der Waals surface area contributed by atoms with Crippen LogP contribution in [0.5, 0.6) is 0 Å². The molecule has 1 N–H and O–H groups in total. The quantitative estimate of drug-likeness (QED) is 0.354. The van der Waals surface area contributed by atoms with Gasteiger partial charge in [0.25, 0.3) is 0 Å². The third-order valence-electron chi connectivity index (χ3n) is 7.18. The molecule has 2 aliphatic rings. The first-order valence-corrected chi connectivity index (χ1v) is 13.7. The van der Waals surface area contributed by atoms with Gasteiger partial charge < -0.3 is 23.9 Å². The molecule has 4 rings (SSSR count). The van der Waals surface area contributed by atoms with E-state index in [1.807, 2.05) is 32.1 Å². The maximum absolute atomic E-state index is 12.9. The molecule has 41 heavy (non-hydrogen) atoms. The van der Waals surface area contributed by atoms with Crippen LogP contribution in [0.25, 0.3) is 11.5 Å². The smallest absolute Gasteiger partial charge is 0.416 e. The molecular weight excluding hydrogens is 541 g/mol. The van der Waals surface area contributed by atoms with Crippen LogP contribution in [-0.4, -0.2) is 59.5 Å². The van der Waals surface area contributed by atoms with Crippen molar-refractivity contribution in [3.05, 3.63) is 65.1 Å². The lowest BCUT2D eigenvalue weighted by Crippen LogP contribution is -2.31. The Morgan fingerprint density at radius 2 is 1.93 bits per heavy atom. The number of benzene rings is 1. The van der Waals surface area contributed by atoms with Crippen LogP contribution in [0.4, 0.5) is 18.0 Å². The van der Waals surface area contributed by atoms with Gasteiger partial charge in [-0.15, -0.1) is 0 Å². The highest BCUT2D eigenvalue weighted by atomic mass is 19.4. The zero-order valence-electron chi connectivity index (χ0n) is 23.3. The summed E-state index contributed by atoms with van der Waals surface area (Å²) < 4.78 is 55.7. The zero-order valence-corrected chi connectivity index (χ0v) is 23.3. The van der Waals surface area contributed by atoms with E-state index in [4.69, 9.17) is 13.9 Å². The van der Waals surface area contributed by atoms with Crippen molar-refractivity contribution >= 4 is 12.1 Å². The minimum absolute atomic E-state index is 0.0535. The number of hydrogen-bond acceptors (Lipinski definition) is 6. The number of oxazole rings is 1. The van der Waals surface area contributed by atoms with E-state index in [2.05, 4.69) is 4.98 Å². The number of ether oxygens (including phenoxy) is 2. The Bertz CT molecular complexity index is 1280. The molecule has 222 valence electrons. The highest BCUT2D eigenvalue weighted by molar-refractivity contribution is 5.70. The Morgan fingerprint density at radius 3 is 2.59 bits per heavy atom. The Morgan fingerprint density at radius 1 is 1.20 bits per heavy atom. The number of alkyl halides is 3. The number of carbonyl (C=O) groups excluding carboxylic acids is 1. The minimum atomic E-state index is -4.41. The van der Waals surface area contributed by atoms with Gasteiger partial charge in [0.1, 0.15) is 5.76 Å². The molecule has 1 aliphatic carbocycles. The van der Waals surface area contributed by atoms with Gasteiger partial charge in [0, 0.05) is 31.0 Å². The molecule has 11 heteroatoms. The van der Waals surface area contributed by atoms with Crippen LogP contribution in [-0.2, 0) is 26.9 Å². The average molecular weight is 577 g/mol. The summed E-state index contributed by atoms with van der Waals surface area (Å²) in [4.78, 5) is 30.1. The first-order chi connectivity index (χ1) is 19.4. The van der Waals surface area contributed by atoms with Crippen molar-refractivity contribution in [2.24, 2.45) is 17.8 Å². The van der Waals surface area contributed by atoms with Crippen LogP contribution >= 0.6 is 0 Å². The van der Waals surface area contributed by atoms with E-state index in [1.54, 1.807) is 11.8 Å². The van der Waals surface area contributed by atoms with Crippen LogP contribution in [0.2, 0.25) is 0 Å². The van der Waals surface area contributed by atoms with Crippen molar-refractivity contribution in [2.75, 3.05) is 26.3 Å². The molecule has 0 spiro atoms. The number of likely N-dealkylation sites (tertiary alicyclic amines) is 1. The van der Waals surface area contributed by atoms with E-state index in [0.717, 1.165) is 17.7 Å². The molecule has 1 saturated heterocycles. The highest BCUT2D eigenvalue weighted by Gasteiger charge is 2.39. The van der Waals surface area contributed by atoms with E-state index >= 15 is 0 Å². The van der Waals surface area contributed by atoms with Gasteiger partial charge in [-0.05, 0) is 55.0 Å². The number of carboxylic acid groups (broad SMARTS) is 1. The standard InChI is InChI=1S/C30H35F3N2O6/c1-18(2)17-40-29(38)35-15-22(14-27(36)37)25(16-35)21-5-4-6-24(13-21)39-12-11-26-19(3)41-28(34-26)20-7-9-23(10-8-20)30(31,32)33/h4-5,7-10,13,18,22,24-25H,6,11-12,14-17H2,1-3H3,(H,36,37)/t22-,24?,25-/m0/s1. The summed E-state index contributed by atoms with van der Waals surface area (Å²) >= 11 is 0. The van der Waals surface area contributed by atoms with Gasteiger partial charge in [-0.3, -0.25) is 4.79 Å². The van der Waals surface area contributed by atoms with Crippen LogP contribution < -0.4 is 0 Å². The molecule has 1 fully saturated rings. The first-order valence-electron chi connectivity index (χ1n) is 13.7. The number of aromatic nitrogens is 1. The Balaban J connectivity index is 1.36.